The van der Waals surface area contributed by atoms with E-state index in [-0.39, 0.29) is 18.1 Å². The number of ether oxygens (including phenoxy) is 1. The highest BCUT2D eigenvalue weighted by atomic mass is 19.1. The zero-order valence-corrected chi connectivity index (χ0v) is 16.4. The summed E-state index contributed by atoms with van der Waals surface area (Å²) in [6.45, 7) is 1.30. The Hall–Kier alpha value is -2.06. The summed E-state index contributed by atoms with van der Waals surface area (Å²) in [5.41, 5.74) is -0.990. The highest BCUT2D eigenvalue weighted by Crippen LogP contribution is 2.41. The van der Waals surface area contributed by atoms with Gasteiger partial charge in [0.05, 0.1) is 33.8 Å². The molecular weight excluding hydrogens is 368 g/mol. The van der Waals surface area contributed by atoms with Gasteiger partial charge in [0.25, 0.3) is 5.91 Å². The molecule has 2 fully saturated rings. The van der Waals surface area contributed by atoms with E-state index in [2.05, 4.69) is 5.32 Å². The molecule has 3 rings (SSSR count). The van der Waals surface area contributed by atoms with E-state index in [1.165, 1.54) is 9.80 Å². The molecule has 1 spiro atoms. The van der Waals surface area contributed by atoms with Gasteiger partial charge in [0.2, 0.25) is 5.91 Å². The Balaban J connectivity index is 1.87. The molecule has 1 aliphatic carbocycles. The molecule has 1 saturated carbocycles. The van der Waals surface area contributed by atoms with E-state index >= 15 is 0 Å². The number of nitrogens with one attached hydrogen (secondary N) is 2. The molecule has 2 aliphatic rings. The minimum Gasteiger partial charge on any atom is -0.353 e. The second kappa shape index (κ2) is 8.53. The van der Waals surface area contributed by atoms with Gasteiger partial charge in [0, 0.05) is 11.6 Å². The molecule has 8 heteroatoms. The Morgan fingerprint density at radius 1 is 1.18 bits per heavy atom. The fraction of sp³-hybridized carbons (Fsp3) is 0.600. The van der Waals surface area contributed by atoms with Gasteiger partial charge in [0.15, 0.2) is 0 Å². The van der Waals surface area contributed by atoms with Crippen LogP contribution in [0.15, 0.2) is 18.2 Å². The molecule has 1 aromatic carbocycles. The van der Waals surface area contributed by atoms with Crippen LogP contribution in [-0.4, -0.2) is 62.3 Å². The fourth-order valence-electron chi connectivity index (χ4n) is 4.04. The lowest BCUT2D eigenvalue weighted by atomic mass is 9.89. The van der Waals surface area contributed by atoms with Crippen molar-refractivity contribution in [2.45, 2.75) is 43.9 Å². The summed E-state index contributed by atoms with van der Waals surface area (Å²) >= 11 is 0. The topological polar surface area (TPSA) is 63.1 Å². The zero-order chi connectivity index (χ0) is 20.3. The number of quaternary nitrogens is 1. The average molecular weight is 396 g/mol. The van der Waals surface area contributed by atoms with Crippen molar-refractivity contribution in [3.05, 3.63) is 35.4 Å². The third-order valence-corrected chi connectivity index (χ3v) is 5.45. The van der Waals surface area contributed by atoms with E-state index in [9.17, 15) is 18.4 Å². The number of halogens is 2. The minimum absolute atomic E-state index is 0.0875. The van der Waals surface area contributed by atoms with E-state index in [4.69, 9.17) is 4.74 Å². The number of carbonyl (C=O) groups is 2. The van der Waals surface area contributed by atoms with Gasteiger partial charge < -0.3 is 15.0 Å². The Morgan fingerprint density at radius 3 is 2.43 bits per heavy atom. The van der Waals surface area contributed by atoms with Gasteiger partial charge in [-0.25, -0.2) is 8.78 Å². The lowest BCUT2D eigenvalue weighted by Gasteiger charge is -2.41. The van der Waals surface area contributed by atoms with Gasteiger partial charge in [-0.2, -0.15) is 0 Å². The average Bonchev–Trinajstić information content (AvgIpc) is 2.99. The highest BCUT2D eigenvalue weighted by Gasteiger charge is 2.53. The van der Waals surface area contributed by atoms with E-state index < -0.39 is 29.3 Å². The van der Waals surface area contributed by atoms with Crippen LogP contribution in [-0.2, 0) is 9.53 Å². The Labute approximate surface area is 163 Å². The molecule has 1 atom stereocenters. The normalized spacial score (nSPS) is 21.3. The van der Waals surface area contributed by atoms with Crippen LogP contribution in [0.1, 0.15) is 42.5 Å². The van der Waals surface area contributed by atoms with Crippen molar-refractivity contribution in [2.24, 2.45) is 0 Å². The maximum Gasteiger partial charge on any atom is 0.257 e. The largest absolute Gasteiger partial charge is 0.353 e. The molecule has 6 nitrogen and oxygen atoms in total. The number of nitrogens with zero attached hydrogens (tertiary/aromatic N) is 1. The summed E-state index contributed by atoms with van der Waals surface area (Å²) < 4.78 is 33.4. The maximum absolute atomic E-state index is 13.7. The van der Waals surface area contributed by atoms with Gasteiger partial charge in [-0.1, -0.05) is 6.42 Å². The van der Waals surface area contributed by atoms with E-state index in [1.807, 2.05) is 14.1 Å². The van der Waals surface area contributed by atoms with Crippen LogP contribution in [0.4, 0.5) is 8.78 Å². The van der Waals surface area contributed by atoms with Crippen LogP contribution < -0.4 is 10.2 Å². The Morgan fingerprint density at radius 2 is 1.82 bits per heavy atom. The fourth-order valence-corrected chi connectivity index (χ4v) is 4.04. The number of hydrogen-bond donors (Lipinski definition) is 2. The van der Waals surface area contributed by atoms with E-state index in [0.29, 0.717) is 19.4 Å². The van der Waals surface area contributed by atoms with Crippen molar-refractivity contribution in [3.8, 4) is 0 Å². The molecule has 0 aromatic heterocycles. The summed E-state index contributed by atoms with van der Waals surface area (Å²) in [4.78, 5) is 28.7. The van der Waals surface area contributed by atoms with E-state index in [0.717, 1.165) is 44.0 Å². The molecule has 2 amide bonds. The first-order valence-corrected chi connectivity index (χ1v) is 9.83. The summed E-state index contributed by atoms with van der Waals surface area (Å²) in [6, 6.07) is 1.92. The van der Waals surface area contributed by atoms with Crippen molar-refractivity contribution in [1.29, 1.82) is 0 Å². The molecule has 1 aromatic rings. The van der Waals surface area contributed by atoms with Gasteiger partial charge in [-0.3, -0.25) is 14.5 Å². The zero-order valence-electron chi connectivity index (χ0n) is 16.4. The van der Waals surface area contributed by atoms with Gasteiger partial charge in [-0.05, 0) is 37.8 Å². The number of rotatable bonds is 5. The number of likely N-dealkylation sites (N-methyl/N-ethyl adjacent to an activating group) is 1. The number of carbonyl (C=O) groups excluding carboxylic acids is 2. The van der Waals surface area contributed by atoms with Crippen molar-refractivity contribution >= 4 is 11.8 Å². The second-order valence-corrected chi connectivity index (χ2v) is 7.92. The minimum atomic E-state index is -0.882. The van der Waals surface area contributed by atoms with Crippen LogP contribution in [0, 0.1) is 11.6 Å². The van der Waals surface area contributed by atoms with Crippen molar-refractivity contribution in [3.63, 3.8) is 0 Å². The molecule has 154 valence electrons. The first-order valence-electron chi connectivity index (χ1n) is 9.83. The van der Waals surface area contributed by atoms with Crippen LogP contribution in [0.5, 0.6) is 0 Å². The SMILES string of the molecule is C[NH+](C)CCNC(=O)[C@@H]1COC2(CCCCC2)N1C(=O)c1cc(F)cc(F)c1. The molecule has 1 heterocycles. The number of hydrogen-bond acceptors (Lipinski definition) is 3. The van der Waals surface area contributed by atoms with Crippen molar-refractivity contribution in [2.75, 3.05) is 33.8 Å². The highest BCUT2D eigenvalue weighted by molar-refractivity contribution is 5.98. The third-order valence-electron chi connectivity index (χ3n) is 5.45. The van der Waals surface area contributed by atoms with Crippen LogP contribution in [0.2, 0.25) is 0 Å². The summed E-state index contributed by atoms with van der Waals surface area (Å²) in [5, 5.41) is 2.86. The van der Waals surface area contributed by atoms with Crippen LogP contribution in [0.25, 0.3) is 0 Å². The van der Waals surface area contributed by atoms with Crippen LogP contribution >= 0.6 is 0 Å². The van der Waals surface area contributed by atoms with Gasteiger partial charge in [0.1, 0.15) is 23.4 Å². The maximum atomic E-state index is 13.7. The lowest BCUT2D eigenvalue weighted by Crippen LogP contribution is -3.06. The molecule has 0 unspecified atom stereocenters. The second-order valence-electron chi connectivity index (χ2n) is 7.92. The molecule has 28 heavy (non-hydrogen) atoms. The quantitative estimate of drug-likeness (QED) is 0.771. The first kappa shape index (κ1) is 20.7. The Bertz CT molecular complexity index is 715. The molecule has 1 aliphatic heterocycles. The Kier molecular flexibility index (Phi) is 6.30. The number of amides is 2. The summed E-state index contributed by atoms with van der Waals surface area (Å²) in [5.74, 6) is -2.52. The molecule has 0 radical (unpaired) electrons. The van der Waals surface area contributed by atoms with Gasteiger partial charge in [-0.15, -0.1) is 0 Å². The standard InChI is InChI=1S/C20H27F2N3O3/c1-24(2)9-8-23-18(26)17-13-28-20(6-4-3-5-7-20)25(17)19(27)14-10-15(21)12-16(22)11-14/h10-12,17H,3-9,13H2,1-2H3,(H,23,26)/p+1/t17-/m0/s1. The smallest absolute Gasteiger partial charge is 0.257 e. The number of benzene rings is 1. The van der Waals surface area contributed by atoms with Crippen molar-refractivity contribution < 1.29 is 28.0 Å². The van der Waals surface area contributed by atoms with E-state index in [1.54, 1.807) is 0 Å². The first-order chi connectivity index (χ1) is 13.3. The molecule has 1 saturated heterocycles. The summed E-state index contributed by atoms with van der Waals surface area (Å²) in [7, 11) is 3.96. The predicted molar refractivity (Wildman–Crippen MR) is 98.8 cm³/mol. The lowest BCUT2D eigenvalue weighted by molar-refractivity contribution is -0.856. The summed E-state index contributed by atoms with van der Waals surface area (Å²) in [6.07, 6.45) is 4.01. The van der Waals surface area contributed by atoms with Crippen LogP contribution in [0.3, 0.4) is 0 Å². The molecule has 2 N–H and O–H groups in total. The predicted octanol–water partition coefficient (Wildman–Crippen LogP) is 0.727. The van der Waals surface area contributed by atoms with Crippen molar-refractivity contribution in [1.82, 2.24) is 10.2 Å². The monoisotopic (exact) mass is 396 g/mol. The molecule has 0 bridgehead atoms. The third kappa shape index (κ3) is 4.33. The molecular formula is C20H28F2N3O3+. The van der Waals surface area contributed by atoms with Gasteiger partial charge >= 0.3 is 0 Å².